The standard InChI is InChI=1S/C23H34N6/c1-2-24-23(27-21-12-15-28(18-21)22-10-5-6-11-22)25-16-19-8-3-4-9-20(19)17-29-14-7-13-26-29/h3-4,7-9,13-14,21-22H,2,5-6,10-12,15-18H2,1H3,(H2,24,25,27). The van der Waals surface area contributed by atoms with Gasteiger partial charge < -0.3 is 10.6 Å². The van der Waals surface area contributed by atoms with Gasteiger partial charge in [0.1, 0.15) is 0 Å². The van der Waals surface area contributed by atoms with Crippen LogP contribution in [0.15, 0.2) is 47.7 Å². The SMILES string of the molecule is CCNC(=NCc1ccccc1Cn1cccn1)NC1CCN(C2CCCC2)C1. The highest BCUT2D eigenvalue weighted by Crippen LogP contribution is 2.26. The van der Waals surface area contributed by atoms with Crippen LogP contribution in [-0.2, 0) is 13.1 Å². The largest absolute Gasteiger partial charge is 0.357 e. The van der Waals surface area contributed by atoms with Gasteiger partial charge >= 0.3 is 0 Å². The van der Waals surface area contributed by atoms with Crippen LogP contribution in [0.4, 0.5) is 0 Å². The van der Waals surface area contributed by atoms with Gasteiger partial charge in [-0.3, -0.25) is 9.58 Å². The van der Waals surface area contributed by atoms with Crippen LogP contribution in [0.3, 0.4) is 0 Å². The van der Waals surface area contributed by atoms with Crippen LogP contribution >= 0.6 is 0 Å². The number of guanidine groups is 1. The minimum atomic E-state index is 0.493. The third-order valence-electron chi connectivity index (χ3n) is 6.16. The molecule has 0 radical (unpaired) electrons. The van der Waals surface area contributed by atoms with E-state index in [0.717, 1.165) is 31.6 Å². The van der Waals surface area contributed by atoms with Crippen LogP contribution in [0.25, 0.3) is 0 Å². The summed E-state index contributed by atoms with van der Waals surface area (Å²) in [5, 5.41) is 11.5. The summed E-state index contributed by atoms with van der Waals surface area (Å²) in [6.45, 7) is 6.81. The predicted octanol–water partition coefficient (Wildman–Crippen LogP) is 3.00. The summed E-state index contributed by atoms with van der Waals surface area (Å²) in [4.78, 5) is 7.59. The number of hydrogen-bond donors (Lipinski definition) is 2. The van der Waals surface area contributed by atoms with E-state index in [1.54, 1.807) is 0 Å². The number of aromatic nitrogens is 2. The van der Waals surface area contributed by atoms with E-state index in [2.05, 4.69) is 51.8 Å². The van der Waals surface area contributed by atoms with Crippen molar-refractivity contribution in [3.8, 4) is 0 Å². The summed E-state index contributed by atoms with van der Waals surface area (Å²) in [6.07, 6.45) is 10.6. The smallest absolute Gasteiger partial charge is 0.191 e. The number of nitrogens with one attached hydrogen (secondary N) is 2. The molecule has 0 amide bonds. The first-order valence-electron chi connectivity index (χ1n) is 11.1. The molecule has 2 aliphatic rings. The molecule has 29 heavy (non-hydrogen) atoms. The van der Waals surface area contributed by atoms with Crippen LogP contribution < -0.4 is 10.6 Å². The van der Waals surface area contributed by atoms with Gasteiger partial charge in [-0.2, -0.15) is 5.10 Å². The molecule has 0 spiro atoms. The Morgan fingerprint density at radius 1 is 1.14 bits per heavy atom. The Bertz CT molecular complexity index is 778. The maximum atomic E-state index is 4.91. The van der Waals surface area contributed by atoms with Crippen molar-refractivity contribution in [1.82, 2.24) is 25.3 Å². The fourth-order valence-corrected chi connectivity index (χ4v) is 4.62. The van der Waals surface area contributed by atoms with Crippen molar-refractivity contribution in [3.05, 3.63) is 53.9 Å². The predicted molar refractivity (Wildman–Crippen MR) is 118 cm³/mol. The molecule has 1 unspecified atom stereocenters. The normalized spacial score (nSPS) is 21.0. The molecule has 2 N–H and O–H groups in total. The second kappa shape index (κ2) is 9.92. The zero-order valence-electron chi connectivity index (χ0n) is 17.6. The monoisotopic (exact) mass is 394 g/mol. The molecule has 1 atom stereocenters. The van der Waals surface area contributed by atoms with Crippen LogP contribution in [0, 0.1) is 0 Å². The van der Waals surface area contributed by atoms with Gasteiger partial charge in [-0.25, -0.2) is 4.99 Å². The number of nitrogens with zero attached hydrogens (tertiary/aromatic N) is 4. The van der Waals surface area contributed by atoms with Crippen LogP contribution in [0.5, 0.6) is 0 Å². The minimum absolute atomic E-state index is 0.493. The van der Waals surface area contributed by atoms with E-state index in [0.29, 0.717) is 12.6 Å². The molecule has 2 heterocycles. The maximum Gasteiger partial charge on any atom is 0.191 e. The fraction of sp³-hybridized carbons (Fsp3) is 0.565. The van der Waals surface area contributed by atoms with Crippen LogP contribution in [-0.4, -0.2) is 52.4 Å². The number of rotatable bonds is 7. The van der Waals surface area contributed by atoms with Crippen LogP contribution in [0.2, 0.25) is 0 Å². The molecule has 1 saturated heterocycles. The lowest BCUT2D eigenvalue weighted by Gasteiger charge is -2.24. The highest BCUT2D eigenvalue weighted by atomic mass is 15.3. The number of hydrogen-bond acceptors (Lipinski definition) is 3. The zero-order valence-corrected chi connectivity index (χ0v) is 17.6. The minimum Gasteiger partial charge on any atom is -0.357 e. The highest BCUT2D eigenvalue weighted by molar-refractivity contribution is 5.80. The molecule has 2 aromatic rings. The van der Waals surface area contributed by atoms with E-state index < -0.39 is 0 Å². The molecule has 6 nitrogen and oxygen atoms in total. The Kier molecular flexibility index (Phi) is 6.83. The van der Waals surface area contributed by atoms with Crippen molar-refractivity contribution < 1.29 is 0 Å². The van der Waals surface area contributed by atoms with Gasteiger partial charge in [-0.05, 0) is 43.4 Å². The van der Waals surface area contributed by atoms with Gasteiger partial charge in [-0.1, -0.05) is 37.1 Å². The Hall–Kier alpha value is -2.34. The first kappa shape index (κ1) is 20.0. The quantitative estimate of drug-likeness (QED) is 0.560. The van der Waals surface area contributed by atoms with Gasteiger partial charge in [0.25, 0.3) is 0 Å². The number of aliphatic imine (C=N–C) groups is 1. The average molecular weight is 395 g/mol. The van der Waals surface area contributed by atoms with E-state index in [-0.39, 0.29) is 0 Å². The first-order valence-corrected chi connectivity index (χ1v) is 11.1. The molecule has 1 aromatic carbocycles. The molecule has 1 aromatic heterocycles. The Labute approximate surface area is 174 Å². The Balaban J connectivity index is 1.37. The second-order valence-corrected chi connectivity index (χ2v) is 8.23. The summed E-state index contributed by atoms with van der Waals surface area (Å²) in [6, 6.07) is 11.8. The third-order valence-corrected chi connectivity index (χ3v) is 6.16. The number of benzene rings is 1. The van der Waals surface area contributed by atoms with E-state index in [4.69, 9.17) is 4.99 Å². The van der Waals surface area contributed by atoms with Gasteiger partial charge in [0.05, 0.1) is 13.1 Å². The first-order chi connectivity index (χ1) is 14.3. The lowest BCUT2D eigenvalue weighted by molar-refractivity contribution is 0.242. The molecular formula is C23H34N6. The number of likely N-dealkylation sites (tertiary alicyclic amines) is 1. The van der Waals surface area contributed by atoms with Gasteiger partial charge in [0.15, 0.2) is 5.96 Å². The van der Waals surface area contributed by atoms with E-state index >= 15 is 0 Å². The second-order valence-electron chi connectivity index (χ2n) is 8.23. The Morgan fingerprint density at radius 3 is 2.72 bits per heavy atom. The summed E-state index contributed by atoms with van der Waals surface area (Å²) < 4.78 is 1.96. The summed E-state index contributed by atoms with van der Waals surface area (Å²) in [5.74, 6) is 0.930. The molecule has 1 saturated carbocycles. The highest BCUT2D eigenvalue weighted by Gasteiger charge is 2.30. The van der Waals surface area contributed by atoms with Crippen molar-refractivity contribution in [2.45, 2.75) is 64.2 Å². The molecule has 2 fully saturated rings. The lowest BCUT2D eigenvalue weighted by Crippen LogP contribution is -2.45. The van der Waals surface area contributed by atoms with Crippen molar-refractivity contribution >= 4 is 5.96 Å². The maximum absolute atomic E-state index is 4.91. The van der Waals surface area contributed by atoms with Crippen molar-refractivity contribution in [2.75, 3.05) is 19.6 Å². The van der Waals surface area contributed by atoms with Crippen molar-refractivity contribution in [1.29, 1.82) is 0 Å². The molecule has 1 aliphatic heterocycles. The third kappa shape index (κ3) is 5.38. The zero-order chi connectivity index (χ0) is 19.9. The molecular weight excluding hydrogens is 360 g/mol. The van der Waals surface area contributed by atoms with Gasteiger partial charge in [0, 0.05) is 44.1 Å². The molecule has 1 aliphatic carbocycles. The summed E-state index contributed by atoms with van der Waals surface area (Å²) in [7, 11) is 0. The van der Waals surface area contributed by atoms with Crippen LogP contribution in [0.1, 0.15) is 50.2 Å². The summed E-state index contributed by atoms with van der Waals surface area (Å²) in [5.41, 5.74) is 2.52. The lowest BCUT2D eigenvalue weighted by atomic mass is 10.1. The van der Waals surface area contributed by atoms with E-state index in [9.17, 15) is 0 Å². The average Bonchev–Trinajstić information content (AvgIpc) is 3.49. The molecule has 6 heteroatoms. The fourth-order valence-electron chi connectivity index (χ4n) is 4.62. The molecule has 156 valence electrons. The van der Waals surface area contributed by atoms with E-state index in [1.165, 1.54) is 49.8 Å². The molecule has 4 rings (SSSR count). The van der Waals surface area contributed by atoms with Crippen molar-refractivity contribution in [2.24, 2.45) is 4.99 Å². The molecule has 0 bridgehead atoms. The summed E-state index contributed by atoms with van der Waals surface area (Å²) >= 11 is 0. The van der Waals surface area contributed by atoms with Crippen molar-refractivity contribution in [3.63, 3.8) is 0 Å². The van der Waals surface area contributed by atoms with Gasteiger partial charge in [-0.15, -0.1) is 0 Å². The van der Waals surface area contributed by atoms with E-state index in [1.807, 2.05) is 23.1 Å². The topological polar surface area (TPSA) is 57.5 Å². The van der Waals surface area contributed by atoms with Gasteiger partial charge in [0.2, 0.25) is 0 Å². The Morgan fingerprint density at radius 2 is 1.97 bits per heavy atom.